The molecule has 0 radical (unpaired) electrons. The first-order valence-corrected chi connectivity index (χ1v) is 13.0. The van der Waals surface area contributed by atoms with Gasteiger partial charge in [0.25, 0.3) is 0 Å². The Balaban J connectivity index is 1.60. The second-order valence-corrected chi connectivity index (χ2v) is 9.06. The van der Waals surface area contributed by atoms with Crippen LogP contribution in [0.1, 0.15) is 47.9 Å². The van der Waals surface area contributed by atoms with Gasteiger partial charge in [-0.05, 0) is 64.8 Å². The summed E-state index contributed by atoms with van der Waals surface area (Å²) < 4.78 is 5.58. The van der Waals surface area contributed by atoms with E-state index in [1.54, 1.807) is 0 Å². The predicted molar refractivity (Wildman–Crippen MR) is 151 cm³/mol. The van der Waals surface area contributed by atoms with Gasteiger partial charge in [0.05, 0.1) is 6.61 Å². The molecule has 0 fully saturated rings. The summed E-state index contributed by atoms with van der Waals surface area (Å²) in [6.07, 6.45) is 3.54. The third kappa shape index (κ3) is 7.77. The number of carbonyl (C=O) groups excluding carboxylic acids is 1. The highest BCUT2D eigenvalue weighted by Crippen LogP contribution is 2.36. The number of Topliss-reactive ketones (excluding diaryl/α,β-unsaturated/α-hetero) is 1. The Bertz CT molecular complexity index is 1260. The van der Waals surface area contributed by atoms with Crippen molar-refractivity contribution in [2.75, 3.05) is 13.2 Å². The van der Waals surface area contributed by atoms with Crippen LogP contribution in [-0.2, 0) is 11.2 Å². The zero-order valence-corrected chi connectivity index (χ0v) is 21.2. The van der Waals surface area contributed by atoms with E-state index in [-0.39, 0.29) is 13.2 Å². The van der Waals surface area contributed by atoms with Gasteiger partial charge in [0.1, 0.15) is 18.1 Å². The second kappa shape index (κ2) is 14.0. The minimum Gasteiger partial charge on any atom is -0.491 e. The fourth-order valence-electron chi connectivity index (χ4n) is 4.57. The maximum Gasteiger partial charge on any atom is 0.133 e. The molecule has 0 heterocycles. The van der Waals surface area contributed by atoms with E-state index < -0.39 is 0 Å². The fraction of sp³-hybridized carbons (Fsp3) is 0.206. The standard InChI is InChI=1S/C34H34O3/c35-25-26-37-32-23-20-30(21-24-32)34(29-15-8-3-9-16-29)33(28-13-6-2-7-14-28)18-10-17-31(36)22-19-27-11-4-1-5-12-27/h1-9,11-16,20-21,23-24,35H,10,17-19,22,25-26H2/b34-33-. The Hall–Kier alpha value is -3.95. The Labute approximate surface area is 220 Å². The minimum absolute atomic E-state index is 0.0147. The highest BCUT2D eigenvalue weighted by Gasteiger charge is 2.15. The quantitative estimate of drug-likeness (QED) is 0.199. The van der Waals surface area contributed by atoms with Gasteiger partial charge in [0.15, 0.2) is 0 Å². The number of ether oxygens (including phenoxy) is 1. The predicted octanol–water partition coefficient (Wildman–Crippen LogP) is 7.39. The molecule has 3 nitrogen and oxygen atoms in total. The van der Waals surface area contributed by atoms with E-state index in [2.05, 4.69) is 72.8 Å². The molecule has 4 rings (SSSR count). The van der Waals surface area contributed by atoms with Crippen LogP contribution in [0, 0.1) is 0 Å². The number of aliphatic hydroxyl groups is 1. The Morgan fingerprint density at radius 2 is 1.19 bits per heavy atom. The number of carbonyl (C=O) groups is 1. The highest BCUT2D eigenvalue weighted by atomic mass is 16.5. The van der Waals surface area contributed by atoms with Crippen LogP contribution in [0.4, 0.5) is 0 Å². The molecule has 0 saturated carbocycles. The highest BCUT2D eigenvalue weighted by molar-refractivity contribution is 5.98. The molecular weight excluding hydrogens is 456 g/mol. The maximum atomic E-state index is 12.7. The van der Waals surface area contributed by atoms with Crippen LogP contribution in [0.15, 0.2) is 115 Å². The van der Waals surface area contributed by atoms with Crippen LogP contribution in [0.5, 0.6) is 5.75 Å². The molecule has 0 unspecified atom stereocenters. The van der Waals surface area contributed by atoms with Crippen LogP contribution in [0.3, 0.4) is 0 Å². The lowest BCUT2D eigenvalue weighted by Gasteiger charge is -2.18. The summed E-state index contributed by atoms with van der Waals surface area (Å²) in [5.41, 5.74) is 7.00. The van der Waals surface area contributed by atoms with Crippen molar-refractivity contribution in [3.8, 4) is 5.75 Å². The average Bonchev–Trinajstić information content (AvgIpc) is 2.96. The number of aryl methyl sites for hydroxylation is 1. The monoisotopic (exact) mass is 490 g/mol. The average molecular weight is 491 g/mol. The van der Waals surface area contributed by atoms with Gasteiger partial charge in [-0.15, -0.1) is 0 Å². The number of benzene rings is 4. The number of hydrogen-bond donors (Lipinski definition) is 1. The van der Waals surface area contributed by atoms with Crippen molar-refractivity contribution in [2.45, 2.75) is 32.1 Å². The zero-order chi connectivity index (χ0) is 25.7. The first-order valence-electron chi connectivity index (χ1n) is 13.0. The molecule has 37 heavy (non-hydrogen) atoms. The van der Waals surface area contributed by atoms with Gasteiger partial charge < -0.3 is 9.84 Å². The molecule has 0 saturated heterocycles. The maximum absolute atomic E-state index is 12.7. The molecule has 0 aliphatic rings. The van der Waals surface area contributed by atoms with E-state index in [4.69, 9.17) is 9.84 Å². The molecule has 1 N–H and O–H groups in total. The van der Waals surface area contributed by atoms with E-state index in [0.717, 1.165) is 41.7 Å². The lowest BCUT2D eigenvalue weighted by Crippen LogP contribution is -2.02. The zero-order valence-electron chi connectivity index (χ0n) is 21.2. The van der Waals surface area contributed by atoms with Gasteiger partial charge in [-0.2, -0.15) is 0 Å². The summed E-state index contributed by atoms with van der Waals surface area (Å²) in [7, 11) is 0. The normalized spacial score (nSPS) is 11.6. The molecule has 0 aliphatic heterocycles. The molecule has 0 spiro atoms. The second-order valence-electron chi connectivity index (χ2n) is 9.06. The topological polar surface area (TPSA) is 46.5 Å². The van der Waals surface area contributed by atoms with Crippen molar-refractivity contribution in [3.05, 3.63) is 138 Å². The molecule has 0 aromatic heterocycles. The van der Waals surface area contributed by atoms with E-state index >= 15 is 0 Å². The summed E-state index contributed by atoms with van der Waals surface area (Å²) in [5, 5.41) is 9.07. The molecule has 0 amide bonds. The third-order valence-corrected chi connectivity index (χ3v) is 6.41. The Kier molecular flexibility index (Phi) is 9.85. The van der Waals surface area contributed by atoms with Crippen LogP contribution in [0.2, 0.25) is 0 Å². The van der Waals surface area contributed by atoms with E-state index in [0.29, 0.717) is 18.6 Å². The van der Waals surface area contributed by atoms with Crippen molar-refractivity contribution in [2.24, 2.45) is 0 Å². The van der Waals surface area contributed by atoms with Gasteiger partial charge >= 0.3 is 0 Å². The summed E-state index contributed by atoms with van der Waals surface area (Å²) in [4.78, 5) is 12.7. The van der Waals surface area contributed by atoms with Crippen molar-refractivity contribution in [1.82, 2.24) is 0 Å². The fourth-order valence-corrected chi connectivity index (χ4v) is 4.57. The van der Waals surface area contributed by atoms with Gasteiger partial charge in [0.2, 0.25) is 0 Å². The molecule has 0 bridgehead atoms. The Morgan fingerprint density at radius 1 is 0.622 bits per heavy atom. The van der Waals surface area contributed by atoms with Gasteiger partial charge in [0, 0.05) is 12.8 Å². The molecule has 0 atom stereocenters. The van der Waals surface area contributed by atoms with Crippen LogP contribution in [-0.4, -0.2) is 24.1 Å². The van der Waals surface area contributed by atoms with Crippen LogP contribution >= 0.6 is 0 Å². The number of rotatable bonds is 13. The van der Waals surface area contributed by atoms with Gasteiger partial charge in [-0.25, -0.2) is 0 Å². The molecule has 0 aliphatic carbocycles. The van der Waals surface area contributed by atoms with E-state index in [1.165, 1.54) is 16.7 Å². The van der Waals surface area contributed by atoms with Crippen LogP contribution < -0.4 is 4.74 Å². The number of ketones is 1. The van der Waals surface area contributed by atoms with E-state index in [9.17, 15) is 4.79 Å². The lowest BCUT2D eigenvalue weighted by molar-refractivity contribution is -0.119. The summed E-state index contributed by atoms with van der Waals surface area (Å²) >= 11 is 0. The molecule has 3 heteroatoms. The first kappa shape index (κ1) is 26.1. The number of allylic oxidation sites excluding steroid dienone is 1. The van der Waals surface area contributed by atoms with Crippen molar-refractivity contribution < 1.29 is 14.6 Å². The minimum atomic E-state index is -0.0147. The molecule has 188 valence electrons. The third-order valence-electron chi connectivity index (χ3n) is 6.41. The smallest absolute Gasteiger partial charge is 0.133 e. The van der Waals surface area contributed by atoms with Crippen molar-refractivity contribution in [1.29, 1.82) is 0 Å². The lowest BCUT2D eigenvalue weighted by atomic mass is 9.86. The van der Waals surface area contributed by atoms with Crippen LogP contribution in [0.25, 0.3) is 11.1 Å². The summed E-state index contributed by atoms with van der Waals surface area (Å²) in [5.74, 6) is 1.04. The van der Waals surface area contributed by atoms with E-state index in [1.807, 2.05) is 42.5 Å². The number of aliphatic hydroxyl groups excluding tert-OH is 1. The molecule has 4 aromatic rings. The number of hydrogen-bond acceptors (Lipinski definition) is 3. The Morgan fingerprint density at radius 3 is 1.81 bits per heavy atom. The summed E-state index contributed by atoms with van der Waals surface area (Å²) in [6, 6.07) is 39.1. The SMILES string of the molecule is O=C(CCC/C(=C(\c1ccccc1)c1ccc(OCCO)cc1)c1ccccc1)CCc1ccccc1. The first-order chi connectivity index (χ1) is 18.2. The largest absolute Gasteiger partial charge is 0.491 e. The van der Waals surface area contributed by atoms with Crippen molar-refractivity contribution in [3.63, 3.8) is 0 Å². The van der Waals surface area contributed by atoms with Gasteiger partial charge in [-0.3, -0.25) is 4.79 Å². The summed E-state index contributed by atoms with van der Waals surface area (Å²) in [6.45, 7) is 0.257. The molecular formula is C34H34O3. The van der Waals surface area contributed by atoms with Crippen molar-refractivity contribution >= 4 is 16.9 Å². The van der Waals surface area contributed by atoms with Gasteiger partial charge in [-0.1, -0.05) is 103 Å². The molecule has 4 aromatic carbocycles.